The Hall–Kier alpha value is -1.44. The molecule has 0 saturated carbocycles. The van der Waals surface area contributed by atoms with E-state index in [0.29, 0.717) is 42.1 Å². The molecular formula is C14H16ClF2N3OS. The van der Waals surface area contributed by atoms with Crippen LogP contribution in [0.4, 0.5) is 8.78 Å². The van der Waals surface area contributed by atoms with Gasteiger partial charge in [-0.1, -0.05) is 0 Å². The van der Waals surface area contributed by atoms with Gasteiger partial charge in [-0.3, -0.25) is 0 Å². The summed E-state index contributed by atoms with van der Waals surface area (Å²) >= 11 is 5.29. The molecule has 1 atom stereocenters. The molecule has 1 aromatic carbocycles. The normalized spacial score (nSPS) is 16.6. The number of benzene rings is 1. The number of nitrogens with one attached hydrogen (secondary N) is 1. The van der Waals surface area contributed by atoms with Crippen LogP contribution in [0, 0.1) is 16.4 Å². The third kappa shape index (κ3) is 3.02. The predicted molar refractivity (Wildman–Crippen MR) is 84.2 cm³/mol. The highest BCUT2D eigenvalue weighted by molar-refractivity contribution is 7.71. The fraction of sp³-hybridized carbons (Fsp3) is 0.357. The number of nitrogens with zero attached hydrogens (tertiary/aromatic N) is 1. The molecule has 4 nitrogen and oxygen atoms in total. The van der Waals surface area contributed by atoms with Crippen LogP contribution < -0.4 is 10.5 Å². The van der Waals surface area contributed by atoms with E-state index in [0.717, 1.165) is 11.8 Å². The monoisotopic (exact) mass is 347 g/mol. The second-order valence-corrected chi connectivity index (χ2v) is 5.42. The Morgan fingerprint density at radius 2 is 2.09 bits per heavy atom. The largest absolute Gasteiger partial charge is 0.491 e. The summed E-state index contributed by atoms with van der Waals surface area (Å²) in [4.78, 5) is 3.00. The standard InChI is InChI=1S/C14H15F2N3OS.ClH/c15-11-4-8-3-10(7-20-13(8)5-12(11)16)19-9(1-2-17)6-18-14(19)21;/h4-6,10H,1-3,7,17H2,(H,18,21);1H. The van der Waals surface area contributed by atoms with E-state index >= 15 is 0 Å². The van der Waals surface area contributed by atoms with Crippen LogP contribution in [0.3, 0.4) is 0 Å². The molecule has 1 aliphatic rings. The summed E-state index contributed by atoms with van der Waals surface area (Å²) in [5.74, 6) is -1.36. The summed E-state index contributed by atoms with van der Waals surface area (Å²) in [6.07, 6.45) is 3.06. The lowest BCUT2D eigenvalue weighted by molar-refractivity contribution is 0.218. The Kier molecular flexibility index (Phi) is 5.20. The molecule has 3 rings (SSSR count). The highest BCUT2D eigenvalue weighted by Crippen LogP contribution is 2.32. The fourth-order valence-corrected chi connectivity index (χ4v) is 3.01. The van der Waals surface area contributed by atoms with Crippen molar-refractivity contribution in [3.05, 3.63) is 46.0 Å². The third-order valence-corrected chi connectivity index (χ3v) is 3.96. The average molecular weight is 348 g/mol. The van der Waals surface area contributed by atoms with Crippen molar-refractivity contribution < 1.29 is 13.5 Å². The van der Waals surface area contributed by atoms with Crippen molar-refractivity contribution >= 4 is 24.6 Å². The number of halogens is 3. The van der Waals surface area contributed by atoms with Crippen molar-refractivity contribution in [1.82, 2.24) is 9.55 Å². The smallest absolute Gasteiger partial charge is 0.177 e. The molecule has 0 saturated heterocycles. The van der Waals surface area contributed by atoms with Crippen LogP contribution in [0.25, 0.3) is 0 Å². The number of hydrogen-bond acceptors (Lipinski definition) is 3. The van der Waals surface area contributed by atoms with E-state index in [1.807, 2.05) is 10.8 Å². The highest BCUT2D eigenvalue weighted by atomic mass is 35.5. The maximum Gasteiger partial charge on any atom is 0.177 e. The van der Waals surface area contributed by atoms with Crippen molar-refractivity contribution in [2.24, 2.45) is 5.73 Å². The number of aromatic nitrogens is 2. The van der Waals surface area contributed by atoms with Crippen LogP contribution in [0.1, 0.15) is 17.3 Å². The molecule has 1 aromatic heterocycles. The van der Waals surface area contributed by atoms with Crippen LogP contribution in [0.2, 0.25) is 0 Å². The first kappa shape index (κ1) is 16.9. The van der Waals surface area contributed by atoms with Crippen LogP contribution in [-0.4, -0.2) is 22.7 Å². The van der Waals surface area contributed by atoms with E-state index in [-0.39, 0.29) is 18.4 Å². The molecule has 1 unspecified atom stereocenters. The second kappa shape index (κ2) is 6.76. The van der Waals surface area contributed by atoms with Crippen LogP contribution >= 0.6 is 24.6 Å². The van der Waals surface area contributed by atoms with Gasteiger partial charge >= 0.3 is 0 Å². The summed E-state index contributed by atoms with van der Waals surface area (Å²) in [6, 6.07) is 2.23. The lowest BCUT2D eigenvalue weighted by atomic mass is 10.0. The Labute approximate surface area is 137 Å². The van der Waals surface area contributed by atoms with Gasteiger partial charge in [-0.25, -0.2) is 8.78 Å². The van der Waals surface area contributed by atoms with Gasteiger partial charge in [0.2, 0.25) is 0 Å². The molecule has 120 valence electrons. The van der Waals surface area contributed by atoms with Crippen molar-refractivity contribution in [2.75, 3.05) is 13.2 Å². The zero-order chi connectivity index (χ0) is 15.0. The van der Waals surface area contributed by atoms with Gasteiger partial charge in [0, 0.05) is 30.8 Å². The van der Waals surface area contributed by atoms with Crippen molar-refractivity contribution in [2.45, 2.75) is 18.9 Å². The SMILES string of the molecule is Cl.NCCc1c[nH]c(=S)n1C1COc2cc(F)c(F)cc2C1. The van der Waals surface area contributed by atoms with E-state index < -0.39 is 11.6 Å². The summed E-state index contributed by atoms with van der Waals surface area (Å²) in [5.41, 5.74) is 7.23. The van der Waals surface area contributed by atoms with E-state index in [1.54, 1.807) is 0 Å². The molecule has 0 radical (unpaired) electrons. The number of H-pyrrole nitrogens is 1. The summed E-state index contributed by atoms with van der Waals surface area (Å²) < 4.78 is 34.7. The summed E-state index contributed by atoms with van der Waals surface area (Å²) in [6.45, 7) is 0.873. The second-order valence-electron chi connectivity index (χ2n) is 5.04. The van der Waals surface area contributed by atoms with Gasteiger partial charge in [-0.05, 0) is 30.4 Å². The van der Waals surface area contributed by atoms with E-state index in [2.05, 4.69) is 4.98 Å². The van der Waals surface area contributed by atoms with Gasteiger partial charge in [0.15, 0.2) is 16.4 Å². The molecule has 0 bridgehead atoms. The number of hydrogen-bond donors (Lipinski definition) is 2. The minimum Gasteiger partial charge on any atom is -0.491 e. The van der Waals surface area contributed by atoms with Gasteiger partial charge in [-0.15, -0.1) is 12.4 Å². The quantitative estimate of drug-likeness (QED) is 0.839. The summed E-state index contributed by atoms with van der Waals surface area (Å²) in [5, 5.41) is 0. The zero-order valence-corrected chi connectivity index (χ0v) is 13.3. The first-order valence-electron chi connectivity index (χ1n) is 6.69. The summed E-state index contributed by atoms with van der Waals surface area (Å²) in [7, 11) is 0. The van der Waals surface area contributed by atoms with Gasteiger partial charge in [0.25, 0.3) is 0 Å². The first-order chi connectivity index (χ1) is 10.1. The number of fused-ring (bicyclic) bond motifs is 1. The Morgan fingerprint density at radius 3 is 2.82 bits per heavy atom. The van der Waals surface area contributed by atoms with E-state index in [9.17, 15) is 8.78 Å². The number of rotatable bonds is 3. The number of aromatic amines is 1. The third-order valence-electron chi connectivity index (χ3n) is 3.65. The molecule has 8 heteroatoms. The van der Waals surface area contributed by atoms with E-state index in [4.69, 9.17) is 22.7 Å². The van der Waals surface area contributed by atoms with Crippen LogP contribution in [0.5, 0.6) is 5.75 Å². The molecule has 0 aliphatic carbocycles. The lowest BCUT2D eigenvalue weighted by Crippen LogP contribution is -2.26. The van der Waals surface area contributed by atoms with Gasteiger partial charge in [0.05, 0.1) is 6.04 Å². The number of imidazole rings is 1. The first-order valence-corrected chi connectivity index (χ1v) is 7.10. The van der Waals surface area contributed by atoms with Gasteiger partial charge in [-0.2, -0.15) is 0 Å². The van der Waals surface area contributed by atoms with Gasteiger partial charge in [0.1, 0.15) is 12.4 Å². The number of ether oxygens (including phenoxy) is 1. The average Bonchev–Trinajstić information content (AvgIpc) is 2.81. The molecule has 0 spiro atoms. The Morgan fingerprint density at radius 1 is 1.36 bits per heavy atom. The van der Waals surface area contributed by atoms with Crippen LogP contribution in [-0.2, 0) is 12.8 Å². The predicted octanol–water partition coefficient (Wildman–Crippen LogP) is 2.92. The fourth-order valence-electron chi connectivity index (χ4n) is 2.68. The molecule has 2 heterocycles. The molecule has 3 N–H and O–H groups in total. The van der Waals surface area contributed by atoms with Crippen molar-refractivity contribution in [3.63, 3.8) is 0 Å². The van der Waals surface area contributed by atoms with E-state index in [1.165, 1.54) is 6.07 Å². The molecule has 2 aromatic rings. The maximum atomic E-state index is 13.4. The molecular weight excluding hydrogens is 332 g/mol. The van der Waals surface area contributed by atoms with Gasteiger partial charge < -0.3 is 20.0 Å². The maximum absolute atomic E-state index is 13.4. The Balaban J connectivity index is 0.00000176. The molecule has 0 amide bonds. The van der Waals surface area contributed by atoms with Crippen LogP contribution in [0.15, 0.2) is 18.3 Å². The minimum atomic E-state index is -0.894. The number of nitrogens with two attached hydrogens (primary N) is 1. The topological polar surface area (TPSA) is 56.0 Å². The van der Waals surface area contributed by atoms with Crippen molar-refractivity contribution in [1.29, 1.82) is 0 Å². The van der Waals surface area contributed by atoms with Crippen molar-refractivity contribution in [3.8, 4) is 5.75 Å². The minimum absolute atomic E-state index is 0. The molecule has 1 aliphatic heterocycles. The molecule has 0 fully saturated rings. The lowest BCUT2D eigenvalue weighted by Gasteiger charge is -2.27. The zero-order valence-electron chi connectivity index (χ0n) is 11.6. The Bertz CT molecular complexity index is 731. The highest BCUT2D eigenvalue weighted by Gasteiger charge is 2.25. The molecule has 22 heavy (non-hydrogen) atoms.